The van der Waals surface area contributed by atoms with Gasteiger partial charge in [0.15, 0.2) is 5.82 Å². The van der Waals surface area contributed by atoms with E-state index in [0.717, 1.165) is 10.0 Å². The van der Waals surface area contributed by atoms with Crippen molar-refractivity contribution in [3.8, 4) is 0 Å². The van der Waals surface area contributed by atoms with E-state index in [-0.39, 0.29) is 10.7 Å². The normalized spacial score (nSPS) is 11.5. The van der Waals surface area contributed by atoms with E-state index in [1.807, 2.05) is 31.2 Å². The zero-order valence-corrected chi connectivity index (χ0v) is 17.3. The van der Waals surface area contributed by atoms with Gasteiger partial charge in [-0.3, -0.25) is 9.40 Å². The second-order valence-electron chi connectivity index (χ2n) is 5.57. The number of rotatable bonds is 5. The van der Waals surface area contributed by atoms with Crippen LogP contribution >= 0.6 is 31.9 Å². The van der Waals surface area contributed by atoms with Crippen molar-refractivity contribution in [2.24, 2.45) is 0 Å². The largest absolute Gasteiger partial charge is 0.265 e. The third-order valence-electron chi connectivity index (χ3n) is 3.54. The Kier molecular flexibility index (Phi) is 5.31. The Balaban J connectivity index is 1.80. The van der Waals surface area contributed by atoms with Crippen molar-refractivity contribution in [3.05, 3.63) is 74.8 Å². The Hall–Kier alpha value is -1.64. The molecule has 0 radical (unpaired) electrons. The minimum Gasteiger partial charge on any atom is -0.265 e. The fourth-order valence-corrected chi connectivity index (χ4v) is 4.06. The quantitative estimate of drug-likeness (QED) is 0.577. The number of anilines is 1. The predicted molar refractivity (Wildman–Crippen MR) is 105 cm³/mol. The average molecular weight is 485 g/mol. The van der Waals surface area contributed by atoms with Crippen LogP contribution in [-0.4, -0.2) is 18.2 Å². The zero-order chi connectivity index (χ0) is 18.0. The van der Waals surface area contributed by atoms with Crippen LogP contribution in [0.3, 0.4) is 0 Å². The number of nitrogens with one attached hydrogen (secondary N) is 1. The van der Waals surface area contributed by atoms with Gasteiger partial charge in [-0.15, -0.1) is 0 Å². The first-order valence-corrected chi connectivity index (χ1v) is 10.5. The first kappa shape index (κ1) is 18.2. The van der Waals surface area contributed by atoms with Gasteiger partial charge in [0.2, 0.25) is 0 Å². The molecule has 0 fully saturated rings. The Labute approximate surface area is 163 Å². The van der Waals surface area contributed by atoms with Gasteiger partial charge in [0.1, 0.15) is 0 Å². The number of aryl methyl sites for hydroxylation is 1. The molecule has 2 aromatic carbocycles. The maximum atomic E-state index is 12.5. The number of aromatic nitrogens is 2. The fourth-order valence-electron chi connectivity index (χ4n) is 2.23. The molecule has 0 atom stereocenters. The Morgan fingerprint density at radius 3 is 2.32 bits per heavy atom. The molecule has 3 rings (SSSR count). The molecule has 0 spiro atoms. The van der Waals surface area contributed by atoms with Crippen LogP contribution in [-0.2, 0) is 16.6 Å². The highest BCUT2D eigenvalue weighted by Gasteiger charge is 2.18. The first-order chi connectivity index (χ1) is 11.8. The number of hydrogen-bond acceptors (Lipinski definition) is 3. The summed E-state index contributed by atoms with van der Waals surface area (Å²) in [7, 11) is -3.69. The van der Waals surface area contributed by atoms with Crippen LogP contribution in [0, 0.1) is 6.92 Å². The molecular weight excluding hydrogens is 470 g/mol. The van der Waals surface area contributed by atoms with E-state index in [0.29, 0.717) is 11.0 Å². The van der Waals surface area contributed by atoms with Crippen molar-refractivity contribution >= 4 is 47.7 Å². The molecule has 0 aliphatic rings. The second-order valence-corrected chi connectivity index (χ2v) is 9.02. The molecule has 1 N–H and O–H groups in total. The van der Waals surface area contributed by atoms with Gasteiger partial charge < -0.3 is 0 Å². The zero-order valence-electron chi connectivity index (χ0n) is 13.3. The Bertz CT molecular complexity index is 982. The minimum absolute atomic E-state index is 0.177. The number of benzene rings is 2. The molecule has 130 valence electrons. The van der Waals surface area contributed by atoms with Crippen LogP contribution in [0.2, 0.25) is 0 Å². The summed E-state index contributed by atoms with van der Waals surface area (Å²) in [6.45, 7) is 2.59. The molecule has 8 heteroatoms. The average Bonchev–Trinajstić information content (AvgIpc) is 2.89. The molecule has 0 aliphatic carbocycles. The Morgan fingerprint density at radius 1 is 1.04 bits per heavy atom. The van der Waals surface area contributed by atoms with Gasteiger partial charge in [-0.2, -0.15) is 5.10 Å². The molecule has 5 nitrogen and oxygen atoms in total. The molecule has 0 aliphatic heterocycles. The molecular formula is C17H15Br2N3O2S. The van der Waals surface area contributed by atoms with E-state index in [9.17, 15) is 8.42 Å². The summed E-state index contributed by atoms with van der Waals surface area (Å²) in [5.74, 6) is 0.259. The molecule has 25 heavy (non-hydrogen) atoms. The molecule has 1 heterocycles. The highest BCUT2D eigenvalue weighted by atomic mass is 79.9. The molecule has 0 saturated carbocycles. The van der Waals surface area contributed by atoms with Gasteiger partial charge >= 0.3 is 0 Å². The van der Waals surface area contributed by atoms with Crippen molar-refractivity contribution in [2.45, 2.75) is 18.4 Å². The molecule has 3 aromatic rings. The summed E-state index contributed by atoms with van der Waals surface area (Å²) in [5, 5.41) is 4.33. The van der Waals surface area contributed by atoms with Gasteiger partial charge in [0.25, 0.3) is 10.0 Å². The highest BCUT2D eigenvalue weighted by molar-refractivity contribution is 9.10. The van der Waals surface area contributed by atoms with E-state index < -0.39 is 10.0 Å². The van der Waals surface area contributed by atoms with Crippen molar-refractivity contribution < 1.29 is 8.42 Å². The highest BCUT2D eigenvalue weighted by Crippen LogP contribution is 2.24. The third-order valence-corrected chi connectivity index (χ3v) is 6.00. The maximum absolute atomic E-state index is 12.5. The van der Waals surface area contributed by atoms with Crippen LogP contribution in [0.4, 0.5) is 5.82 Å². The predicted octanol–water partition coefficient (Wildman–Crippen LogP) is 4.57. The lowest BCUT2D eigenvalue weighted by Gasteiger charge is -2.06. The SMILES string of the molecule is Cc1ccc(Cn2cc(Br)c(NS(=O)(=O)c3ccc(Br)cc3)n2)cc1. The number of hydrogen-bond donors (Lipinski definition) is 1. The summed E-state index contributed by atoms with van der Waals surface area (Å²) in [6.07, 6.45) is 1.75. The van der Waals surface area contributed by atoms with E-state index >= 15 is 0 Å². The minimum atomic E-state index is -3.69. The lowest BCUT2D eigenvalue weighted by atomic mass is 10.1. The molecule has 0 bridgehead atoms. The topological polar surface area (TPSA) is 64.0 Å². The van der Waals surface area contributed by atoms with Crippen LogP contribution in [0.25, 0.3) is 0 Å². The van der Waals surface area contributed by atoms with E-state index in [2.05, 4.69) is 41.7 Å². The summed E-state index contributed by atoms with van der Waals surface area (Å²) < 4.78 is 30.6. The van der Waals surface area contributed by atoms with Gasteiger partial charge in [0.05, 0.1) is 15.9 Å². The molecule has 0 unspecified atom stereocenters. The van der Waals surface area contributed by atoms with Crippen LogP contribution in [0.5, 0.6) is 0 Å². The lowest BCUT2D eigenvalue weighted by Crippen LogP contribution is -2.14. The smallest absolute Gasteiger partial charge is 0.263 e. The van der Waals surface area contributed by atoms with Crippen molar-refractivity contribution in [1.82, 2.24) is 9.78 Å². The number of nitrogens with zero attached hydrogens (tertiary/aromatic N) is 2. The molecule has 0 amide bonds. The summed E-state index contributed by atoms with van der Waals surface area (Å²) >= 11 is 6.65. The fraction of sp³-hybridized carbons (Fsp3) is 0.118. The molecule has 0 saturated heterocycles. The lowest BCUT2D eigenvalue weighted by molar-refractivity contribution is 0.600. The van der Waals surface area contributed by atoms with Crippen molar-refractivity contribution in [1.29, 1.82) is 0 Å². The monoisotopic (exact) mass is 483 g/mol. The standard InChI is InChI=1S/C17H15Br2N3O2S/c1-12-2-4-13(5-3-12)10-22-11-16(19)17(20-22)21-25(23,24)15-8-6-14(18)7-9-15/h2-9,11H,10H2,1H3,(H,20,21). The van der Waals surface area contributed by atoms with Gasteiger partial charge in [-0.05, 0) is 52.7 Å². The van der Waals surface area contributed by atoms with Gasteiger partial charge in [-0.1, -0.05) is 45.8 Å². The van der Waals surface area contributed by atoms with Crippen LogP contribution in [0.1, 0.15) is 11.1 Å². The number of sulfonamides is 1. The maximum Gasteiger partial charge on any atom is 0.263 e. The van der Waals surface area contributed by atoms with Gasteiger partial charge in [-0.25, -0.2) is 8.42 Å². The van der Waals surface area contributed by atoms with Crippen molar-refractivity contribution in [3.63, 3.8) is 0 Å². The van der Waals surface area contributed by atoms with E-state index in [1.54, 1.807) is 23.0 Å². The summed E-state index contributed by atoms with van der Waals surface area (Å²) in [4.78, 5) is 0.177. The van der Waals surface area contributed by atoms with Crippen molar-refractivity contribution in [2.75, 3.05) is 4.72 Å². The second kappa shape index (κ2) is 7.31. The summed E-state index contributed by atoms with van der Waals surface area (Å²) in [5.41, 5.74) is 2.27. The first-order valence-electron chi connectivity index (χ1n) is 7.40. The van der Waals surface area contributed by atoms with E-state index in [4.69, 9.17) is 0 Å². The van der Waals surface area contributed by atoms with Gasteiger partial charge in [0, 0.05) is 10.7 Å². The number of halogens is 2. The van der Waals surface area contributed by atoms with Crippen LogP contribution < -0.4 is 4.72 Å². The molecule has 1 aromatic heterocycles. The third kappa shape index (κ3) is 4.50. The summed E-state index contributed by atoms with van der Waals surface area (Å²) in [6, 6.07) is 14.5. The van der Waals surface area contributed by atoms with Crippen LogP contribution in [0.15, 0.2) is 68.6 Å². The van der Waals surface area contributed by atoms with E-state index in [1.165, 1.54) is 17.7 Å². The Morgan fingerprint density at radius 2 is 1.68 bits per heavy atom.